The molecule has 0 aliphatic rings. The number of sulfonamides is 1. The van der Waals surface area contributed by atoms with Crippen molar-refractivity contribution in [2.75, 3.05) is 17.6 Å². The van der Waals surface area contributed by atoms with Gasteiger partial charge in [-0.15, -0.1) is 0 Å². The number of aromatic carboxylic acids is 1. The molecule has 0 radical (unpaired) electrons. The first kappa shape index (κ1) is 14.4. The van der Waals surface area contributed by atoms with Gasteiger partial charge in [-0.1, -0.05) is 0 Å². The summed E-state index contributed by atoms with van der Waals surface area (Å²) in [4.78, 5) is 15.1. The maximum atomic E-state index is 11.1. The lowest BCUT2D eigenvalue weighted by atomic mass is 10.1. The van der Waals surface area contributed by atoms with Crippen LogP contribution < -0.4 is 10.5 Å². The number of hydrogen-bond donors (Lipinski definition) is 3. The van der Waals surface area contributed by atoms with E-state index in [0.717, 1.165) is 0 Å². The van der Waals surface area contributed by atoms with Crippen molar-refractivity contribution in [2.24, 2.45) is 5.14 Å². The molecule has 0 saturated heterocycles. The van der Waals surface area contributed by atoms with Gasteiger partial charge in [0.25, 0.3) is 0 Å². The van der Waals surface area contributed by atoms with Gasteiger partial charge in [0.05, 0.1) is 5.75 Å². The number of carboxylic acids is 1. The second-order valence-corrected chi connectivity index (χ2v) is 5.64. The molecule has 1 aromatic heterocycles. The Bertz CT molecular complexity index is 569. The minimum absolute atomic E-state index is 0.00894. The number of primary sulfonamides is 1. The summed E-state index contributed by atoms with van der Waals surface area (Å²) >= 11 is 0. The van der Waals surface area contributed by atoms with Crippen LogP contribution in [0.15, 0.2) is 6.07 Å². The number of carbonyl (C=O) groups is 1. The predicted molar refractivity (Wildman–Crippen MR) is 67.1 cm³/mol. The number of nitrogens with zero attached hydrogens (tertiary/aromatic N) is 1. The zero-order chi connectivity index (χ0) is 13.9. The van der Waals surface area contributed by atoms with Crippen LogP contribution >= 0.6 is 0 Å². The minimum atomic E-state index is -3.59. The number of rotatable bonds is 5. The fourth-order valence-electron chi connectivity index (χ4n) is 1.55. The molecule has 0 unspecified atom stereocenters. The molecule has 0 spiro atoms. The number of nitrogens with two attached hydrogens (primary N) is 1. The lowest BCUT2D eigenvalue weighted by Gasteiger charge is -2.11. The standard InChI is InChI=1S/C10H15N3O4S/c1-6-5-7(2)13-9(8(6)10(14)15)12-3-4-18(11,16)17/h5H,3-4H2,1-2H3,(H,12,13)(H,14,15)(H2,11,16,17). The molecule has 1 heterocycles. The van der Waals surface area contributed by atoms with Crippen molar-refractivity contribution in [1.82, 2.24) is 4.98 Å². The molecule has 0 bridgehead atoms. The Morgan fingerprint density at radius 1 is 1.50 bits per heavy atom. The average molecular weight is 273 g/mol. The molecule has 100 valence electrons. The Labute approximate surface area is 105 Å². The number of carboxylic acid groups (broad SMARTS) is 1. The lowest BCUT2D eigenvalue weighted by Crippen LogP contribution is -2.23. The molecule has 18 heavy (non-hydrogen) atoms. The molecule has 1 aromatic rings. The van der Waals surface area contributed by atoms with Crippen LogP contribution in [0.25, 0.3) is 0 Å². The average Bonchev–Trinajstić information content (AvgIpc) is 2.13. The van der Waals surface area contributed by atoms with Crippen LogP contribution in [-0.4, -0.2) is 36.8 Å². The van der Waals surface area contributed by atoms with Gasteiger partial charge in [0, 0.05) is 12.2 Å². The van der Waals surface area contributed by atoms with Crippen molar-refractivity contribution >= 4 is 21.8 Å². The highest BCUT2D eigenvalue weighted by Crippen LogP contribution is 2.18. The lowest BCUT2D eigenvalue weighted by molar-refractivity contribution is 0.0697. The van der Waals surface area contributed by atoms with E-state index in [-0.39, 0.29) is 23.7 Å². The number of anilines is 1. The van der Waals surface area contributed by atoms with Crippen LogP contribution in [0.3, 0.4) is 0 Å². The van der Waals surface area contributed by atoms with Crippen LogP contribution in [0.1, 0.15) is 21.6 Å². The van der Waals surface area contributed by atoms with E-state index in [1.807, 2.05) is 0 Å². The van der Waals surface area contributed by atoms with Crippen molar-refractivity contribution in [2.45, 2.75) is 13.8 Å². The first-order chi connectivity index (χ1) is 8.20. The van der Waals surface area contributed by atoms with Crippen LogP contribution in [-0.2, 0) is 10.0 Å². The summed E-state index contributed by atoms with van der Waals surface area (Å²) in [7, 11) is -3.59. The SMILES string of the molecule is Cc1cc(C)c(C(=O)O)c(NCCS(N)(=O)=O)n1. The number of aromatic nitrogens is 1. The van der Waals surface area contributed by atoms with Gasteiger partial charge in [-0.2, -0.15) is 0 Å². The first-order valence-electron chi connectivity index (χ1n) is 5.16. The number of nitrogens with one attached hydrogen (secondary N) is 1. The molecule has 0 aromatic carbocycles. The molecule has 4 N–H and O–H groups in total. The van der Waals surface area contributed by atoms with Crippen LogP contribution in [0.4, 0.5) is 5.82 Å². The van der Waals surface area contributed by atoms with E-state index in [9.17, 15) is 13.2 Å². The fraction of sp³-hybridized carbons (Fsp3) is 0.400. The van der Waals surface area contributed by atoms with E-state index in [2.05, 4.69) is 10.3 Å². The van der Waals surface area contributed by atoms with Gasteiger partial charge in [-0.25, -0.2) is 23.3 Å². The molecule has 0 atom stereocenters. The second kappa shape index (κ2) is 5.32. The Balaban J connectivity index is 2.97. The van der Waals surface area contributed by atoms with Gasteiger partial charge in [-0.05, 0) is 25.5 Å². The van der Waals surface area contributed by atoms with Gasteiger partial charge < -0.3 is 10.4 Å². The molecule has 0 fully saturated rings. The molecule has 7 nitrogen and oxygen atoms in total. The van der Waals surface area contributed by atoms with Crippen molar-refractivity contribution in [1.29, 1.82) is 0 Å². The van der Waals surface area contributed by atoms with Gasteiger partial charge in [0.15, 0.2) is 0 Å². The van der Waals surface area contributed by atoms with Crippen LogP contribution in [0.5, 0.6) is 0 Å². The number of hydrogen-bond acceptors (Lipinski definition) is 5. The quantitative estimate of drug-likeness (QED) is 0.699. The third kappa shape index (κ3) is 3.97. The number of pyridine rings is 1. The highest BCUT2D eigenvalue weighted by atomic mass is 32.2. The van der Waals surface area contributed by atoms with Crippen molar-refractivity contribution in [3.8, 4) is 0 Å². The van der Waals surface area contributed by atoms with E-state index in [4.69, 9.17) is 10.2 Å². The zero-order valence-corrected chi connectivity index (χ0v) is 10.9. The van der Waals surface area contributed by atoms with E-state index in [1.165, 1.54) is 0 Å². The normalized spacial score (nSPS) is 11.3. The summed E-state index contributed by atoms with van der Waals surface area (Å²) in [6.45, 7) is 3.39. The molecule has 0 aliphatic carbocycles. The monoisotopic (exact) mass is 273 g/mol. The smallest absolute Gasteiger partial charge is 0.339 e. The summed E-state index contributed by atoms with van der Waals surface area (Å²) in [5.41, 5.74) is 1.25. The molecular weight excluding hydrogens is 258 g/mol. The third-order valence-corrected chi connectivity index (χ3v) is 3.01. The van der Waals surface area contributed by atoms with Crippen molar-refractivity contribution < 1.29 is 18.3 Å². The van der Waals surface area contributed by atoms with E-state index >= 15 is 0 Å². The summed E-state index contributed by atoms with van der Waals surface area (Å²) in [5.74, 6) is -1.25. The molecular formula is C10H15N3O4S. The molecule has 0 amide bonds. The highest BCUT2D eigenvalue weighted by Gasteiger charge is 2.15. The summed E-state index contributed by atoms with van der Waals surface area (Å²) in [6, 6.07) is 1.65. The summed E-state index contributed by atoms with van der Waals surface area (Å²) < 4.78 is 21.6. The minimum Gasteiger partial charge on any atom is -0.478 e. The molecule has 8 heteroatoms. The second-order valence-electron chi connectivity index (χ2n) is 3.90. The van der Waals surface area contributed by atoms with Crippen molar-refractivity contribution in [3.05, 3.63) is 22.9 Å². The van der Waals surface area contributed by atoms with Crippen LogP contribution in [0, 0.1) is 13.8 Å². The first-order valence-corrected chi connectivity index (χ1v) is 6.88. The Hall–Kier alpha value is -1.67. The summed E-state index contributed by atoms with van der Waals surface area (Å²) in [6.07, 6.45) is 0. The number of aryl methyl sites for hydroxylation is 2. The Morgan fingerprint density at radius 3 is 2.61 bits per heavy atom. The Morgan fingerprint density at radius 2 is 2.11 bits per heavy atom. The maximum Gasteiger partial charge on any atom is 0.339 e. The van der Waals surface area contributed by atoms with Gasteiger partial charge in [0.1, 0.15) is 11.4 Å². The van der Waals surface area contributed by atoms with Gasteiger partial charge in [0.2, 0.25) is 10.0 Å². The topological polar surface area (TPSA) is 122 Å². The zero-order valence-electron chi connectivity index (χ0n) is 10.1. The molecule has 1 rings (SSSR count). The molecule has 0 saturated carbocycles. The molecule has 0 aliphatic heterocycles. The third-order valence-electron chi connectivity index (χ3n) is 2.24. The van der Waals surface area contributed by atoms with Gasteiger partial charge >= 0.3 is 5.97 Å². The van der Waals surface area contributed by atoms with E-state index < -0.39 is 16.0 Å². The van der Waals surface area contributed by atoms with Crippen molar-refractivity contribution in [3.63, 3.8) is 0 Å². The van der Waals surface area contributed by atoms with E-state index in [1.54, 1.807) is 19.9 Å². The largest absolute Gasteiger partial charge is 0.478 e. The predicted octanol–water partition coefficient (Wildman–Crippen LogP) is 0.0970. The fourth-order valence-corrected chi connectivity index (χ4v) is 1.93. The summed E-state index contributed by atoms with van der Waals surface area (Å²) in [5, 5.41) is 16.6. The Kier molecular flexibility index (Phi) is 4.25. The van der Waals surface area contributed by atoms with Gasteiger partial charge in [-0.3, -0.25) is 0 Å². The highest BCUT2D eigenvalue weighted by molar-refractivity contribution is 7.89. The van der Waals surface area contributed by atoms with Crippen LogP contribution in [0.2, 0.25) is 0 Å². The maximum absolute atomic E-state index is 11.1. The van der Waals surface area contributed by atoms with E-state index in [0.29, 0.717) is 11.3 Å².